The molecule has 3 N–H and O–H groups in total. The molecule has 2 aromatic rings. The number of hydrogen-bond acceptors (Lipinski definition) is 7. The molecule has 10 heteroatoms. The molecular formula is C17H13N3O4S3. The van der Waals surface area contributed by atoms with Gasteiger partial charge in [0.25, 0.3) is 17.7 Å². The second kappa shape index (κ2) is 8.33. The maximum atomic E-state index is 12.4. The van der Waals surface area contributed by atoms with Crippen LogP contribution in [0.2, 0.25) is 0 Å². The van der Waals surface area contributed by atoms with Gasteiger partial charge in [-0.3, -0.25) is 30.1 Å². The quantitative estimate of drug-likeness (QED) is 0.399. The highest BCUT2D eigenvalue weighted by molar-refractivity contribution is 8.26. The molecule has 0 atom stereocenters. The molecule has 3 rings (SSSR count). The van der Waals surface area contributed by atoms with Crippen molar-refractivity contribution < 1.29 is 19.5 Å². The van der Waals surface area contributed by atoms with Crippen molar-refractivity contribution in [3.8, 4) is 5.75 Å². The number of carbonyl (C=O) groups is 3. The van der Waals surface area contributed by atoms with Crippen LogP contribution in [0.25, 0.3) is 6.08 Å². The molecule has 0 spiro atoms. The Morgan fingerprint density at radius 3 is 2.67 bits per heavy atom. The lowest BCUT2D eigenvalue weighted by Crippen LogP contribution is -2.47. The highest BCUT2D eigenvalue weighted by atomic mass is 32.2. The van der Waals surface area contributed by atoms with Gasteiger partial charge in [-0.15, -0.1) is 11.3 Å². The van der Waals surface area contributed by atoms with Crippen LogP contribution in [0, 0.1) is 0 Å². The summed E-state index contributed by atoms with van der Waals surface area (Å²) in [5, 5.41) is 11.5. The second-order valence-corrected chi connectivity index (χ2v) is 7.96. The summed E-state index contributed by atoms with van der Waals surface area (Å²) < 4.78 is 0.269. The number of thiophene rings is 1. The van der Waals surface area contributed by atoms with Gasteiger partial charge in [-0.1, -0.05) is 42.2 Å². The Kier molecular flexibility index (Phi) is 5.89. The summed E-state index contributed by atoms with van der Waals surface area (Å²) >= 11 is 7.78. The van der Waals surface area contributed by atoms with Crippen molar-refractivity contribution in [2.45, 2.75) is 0 Å². The van der Waals surface area contributed by atoms with E-state index in [0.29, 0.717) is 4.91 Å². The normalized spacial score (nSPS) is 15.3. The van der Waals surface area contributed by atoms with Crippen LogP contribution < -0.4 is 10.9 Å². The predicted molar refractivity (Wildman–Crippen MR) is 108 cm³/mol. The summed E-state index contributed by atoms with van der Waals surface area (Å²) in [7, 11) is 0. The van der Waals surface area contributed by atoms with Gasteiger partial charge in [-0.2, -0.15) is 0 Å². The fourth-order valence-corrected chi connectivity index (χ4v) is 4.16. The fraction of sp³-hybridized carbons (Fsp3) is 0.0588. The largest absolute Gasteiger partial charge is 0.507 e. The third-order valence-corrected chi connectivity index (χ3v) is 5.65. The van der Waals surface area contributed by atoms with Gasteiger partial charge < -0.3 is 5.11 Å². The summed E-state index contributed by atoms with van der Waals surface area (Å²) in [6, 6.07) is 9.67. The van der Waals surface area contributed by atoms with Gasteiger partial charge in [-0.05, 0) is 29.7 Å². The van der Waals surface area contributed by atoms with Gasteiger partial charge in [0.05, 0.1) is 10.5 Å². The number of hydrogen-bond donors (Lipinski definition) is 3. The summed E-state index contributed by atoms with van der Waals surface area (Å²) in [5.41, 5.74) is 4.41. The first-order valence-electron chi connectivity index (χ1n) is 7.62. The topological polar surface area (TPSA) is 98.7 Å². The van der Waals surface area contributed by atoms with Crippen molar-refractivity contribution in [2.75, 3.05) is 6.54 Å². The van der Waals surface area contributed by atoms with E-state index in [9.17, 15) is 19.5 Å². The first-order valence-corrected chi connectivity index (χ1v) is 9.72. The van der Waals surface area contributed by atoms with E-state index in [4.69, 9.17) is 12.2 Å². The molecular weight excluding hydrogens is 406 g/mol. The predicted octanol–water partition coefficient (Wildman–Crippen LogP) is 2.12. The SMILES string of the molecule is O=C(CN1C(=O)/C(=C\c2cccs2)SC1=S)NNC(=O)c1ccccc1O. The molecule has 1 aromatic heterocycles. The molecule has 0 saturated carbocycles. The number of nitrogens with one attached hydrogen (secondary N) is 2. The number of carbonyl (C=O) groups excluding carboxylic acids is 3. The van der Waals surface area contributed by atoms with Crippen LogP contribution in [0.5, 0.6) is 5.75 Å². The van der Waals surface area contributed by atoms with Crippen molar-refractivity contribution in [3.63, 3.8) is 0 Å². The number of phenols is 1. The lowest BCUT2D eigenvalue weighted by atomic mass is 10.2. The lowest BCUT2D eigenvalue weighted by Gasteiger charge is -2.14. The molecule has 27 heavy (non-hydrogen) atoms. The number of para-hydroxylation sites is 1. The summed E-state index contributed by atoms with van der Waals surface area (Å²) in [5.74, 6) is -1.86. The Morgan fingerprint density at radius 1 is 1.19 bits per heavy atom. The fourth-order valence-electron chi connectivity index (χ4n) is 2.18. The number of rotatable bonds is 4. The number of thioether (sulfide) groups is 1. The van der Waals surface area contributed by atoms with Gasteiger partial charge in [-0.25, -0.2) is 0 Å². The Morgan fingerprint density at radius 2 is 1.96 bits per heavy atom. The number of benzene rings is 1. The summed E-state index contributed by atoms with van der Waals surface area (Å²) in [6.07, 6.45) is 1.72. The van der Waals surface area contributed by atoms with Crippen LogP contribution in [-0.2, 0) is 9.59 Å². The molecule has 1 saturated heterocycles. The molecule has 0 aliphatic carbocycles. The number of hydrazine groups is 1. The van der Waals surface area contributed by atoms with Crippen LogP contribution >= 0.6 is 35.3 Å². The van der Waals surface area contributed by atoms with Gasteiger partial charge in [0.1, 0.15) is 16.6 Å². The highest BCUT2D eigenvalue weighted by Crippen LogP contribution is 2.32. The van der Waals surface area contributed by atoms with E-state index in [1.165, 1.54) is 28.4 Å². The minimum atomic E-state index is -0.676. The Hall–Kier alpha value is -2.69. The zero-order valence-electron chi connectivity index (χ0n) is 13.7. The van der Waals surface area contributed by atoms with Gasteiger partial charge in [0.15, 0.2) is 0 Å². The van der Waals surface area contributed by atoms with Crippen LogP contribution in [0.4, 0.5) is 0 Å². The van der Waals surface area contributed by atoms with Crippen LogP contribution in [0.1, 0.15) is 15.2 Å². The van der Waals surface area contributed by atoms with E-state index >= 15 is 0 Å². The number of phenolic OH excluding ortho intramolecular Hbond substituents is 1. The molecule has 7 nitrogen and oxygen atoms in total. The minimum Gasteiger partial charge on any atom is -0.507 e. The zero-order chi connectivity index (χ0) is 19.4. The van der Waals surface area contributed by atoms with Gasteiger partial charge in [0.2, 0.25) is 0 Å². The standard InChI is InChI=1S/C17H13N3O4S3/c21-12-6-2-1-5-11(12)15(23)19-18-14(22)9-20-16(24)13(27-17(20)25)8-10-4-3-7-26-10/h1-8,21H,9H2,(H,18,22)(H,19,23)/b13-8+. The maximum Gasteiger partial charge on any atom is 0.273 e. The van der Waals surface area contributed by atoms with Crippen molar-refractivity contribution in [1.29, 1.82) is 0 Å². The van der Waals surface area contributed by atoms with E-state index < -0.39 is 11.8 Å². The summed E-state index contributed by atoms with van der Waals surface area (Å²) in [4.78, 5) is 39.0. The Bertz CT molecular complexity index is 941. The van der Waals surface area contributed by atoms with E-state index in [1.54, 1.807) is 18.2 Å². The number of thiocarbonyl (C=S) groups is 1. The molecule has 2 heterocycles. The molecule has 1 aromatic carbocycles. The molecule has 0 unspecified atom stereocenters. The molecule has 0 bridgehead atoms. The van der Waals surface area contributed by atoms with Crippen LogP contribution in [0.3, 0.4) is 0 Å². The minimum absolute atomic E-state index is 0.0160. The lowest BCUT2D eigenvalue weighted by molar-refractivity contribution is -0.129. The van der Waals surface area contributed by atoms with Crippen LogP contribution in [0.15, 0.2) is 46.7 Å². The van der Waals surface area contributed by atoms with E-state index in [1.807, 2.05) is 17.5 Å². The van der Waals surface area contributed by atoms with Gasteiger partial charge in [0, 0.05) is 4.88 Å². The average molecular weight is 420 g/mol. The van der Waals surface area contributed by atoms with E-state index in [-0.39, 0.29) is 28.1 Å². The monoisotopic (exact) mass is 419 g/mol. The van der Waals surface area contributed by atoms with Crippen molar-refractivity contribution >= 4 is 63.4 Å². The zero-order valence-corrected chi connectivity index (χ0v) is 16.1. The average Bonchev–Trinajstić information content (AvgIpc) is 3.24. The number of amides is 3. The molecule has 138 valence electrons. The van der Waals surface area contributed by atoms with E-state index in [2.05, 4.69) is 10.9 Å². The Labute approximate surface area is 168 Å². The third kappa shape index (κ3) is 4.54. The Balaban J connectivity index is 1.58. The number of aromatic hydroxyl groups is 1. The molecule has 1 aliphatic rings. The smallest absolute Gasteiger partial charge is 0.273 e. The molecule has 0 radical (unpaired) electrons. The molecule has 1 aliphatic heterocycles. The van der Waals surface area contributed by atoms with Gasteiger partial charge >= 0.3 is 0 Å². The highest BCUT2D eigenvalue weighted by Gasteiger charge is 2.33. The van der Waals surface area contributed by atoms with Crippen LogP contribution in [-0.4, -0.2) is 38.6 Å². The second-order valence-electron chi connectivity index (χ2n) is 5.30. The van der Waals surface area contributed by atoms with Crippen molar-refractivity contribution in [2.24, 2.45) is 0 Å². The van der Waals surface area contributed by atoms with Crippen molar-refractivity contribution in [3.05, 3.63) is 57.1 Å². The first-order chi connectivity index (χ1) is 13.0. The van der Waals surface area contributed by atoms with E-state index in [0.717, 1.165) is 16.6 Å². The number of nitrogens with zero attached hydrogens (tertiary/aromatic N) is 1. The molecule has 3 amide bonds. The third-order valence-electron chi connectivity index (χ3n) is 3.46. The first kappa shape index (κ1) is 19.1. The molecule has 1 fully saturated rings. The summed E-state index contributed by atoms with van der Waals surface area (Å²) in [6.45, 7) is -0.326. The maximum absolute atomic E-state index is 12.4. The van der Waals surface area contributed by atoms with Crippen molar-refractivity contribution in [1.82, 2.24) is 15.8 Å².